The summed E-state index contributed by atoms with van der Waals surface area (Å²) >= 11 is 5.44. The average molecular weight is 306 g/mol. The summed E-state index contributed by atoms with van der Waals surface area (Å²) < 4.78 is 5.79. The highest BCUT2D eigenvalue weighted by molar-refractivity contribution is 8.02. The van der Waals surface area contributed by atoms with Crippen LogP contribution in [-0.2, 0) is 16.3 Å². The van der Waals surface area contributed by atoms with Gasteiger partial charge in [-0.25, -0.2) is 0 Å². The second-order valence-corrected chi connectivity index (χ2v) is 9.36. The molecule has 0 aliphatic carbocycles. The van der Waals surface area contributed by atoms with Crippen LogP contribution < -0.4 is 0 Å². The van der Waals surface area contributed by atoms with Gasteiger partial charge in [-0.05, 0) is 30.8 Å². The van der Waals surface area contributed by atoms with E-state index in [9.17, 15) is 0 Å². The van der Waals surface area contributed by atoms with Gasteiger partial charge in [-0.2, -0.15) is 0 Å². The smallest absolute Gasteiger partial charge is 0.0559 e. The molecule has 0 saturated carbocycles. The number of rotatable bonds is 13. The Morgan fingerprint density at radius 2 is 1.32 bits per heavy atom. The van der Waals surface area contributed by atoms with Crippen molar-refractivity contribution in [3.8, 4) is 0 Å². The van der Waals surface area contributed by atoms with Gasteiger partial charge >= 0.3 is 0 Å². The van der Waals surface area contributed by atoms with E-state index in [4.69, 9.17) is 16.3 Å². The van der Waals surface area contributed by atoms with Crippen LogP contribution in [-0.4, -0.2) is 12.8 Å². The Hall–Kier alpha value is 0.610. The summed E-state index contributed by atoms with van der Waals surface area (Å²) in [6, 6.07) is 0. The zero-order chi connectivity index (χ0) is 14.5. The van der Waals surface area contributed by atoms with Crippen molar-refractivity contribution >= 4 is 18.7 Å². The van der Waals surface area contributed by atoms with Crippen LogP contribution in [0.2, 0.25) is 0 Å². The second-order valence-electron chi connectivity index (χ2n) is 6.46. The maximum atomic E-state index is 5.79. The fourth-order valence-corrected chi connectivity index (χ4v) is 3.83. The van der Waals surface area contributed by atoms with Crippen molar-refractivity contribution in [3.63, 3.8) is 0 Å². The van der Waals surface area contributed by atoms with Crippen LogP contribution in [0.1, 0.15) is 79.1 Å². The Morgan fingerprint density at radius 3 is 1.84 bits per heavy atom. The highest BCUT2D eigenvalue weighted by Crippen LogP contribution is 2.25. The van der Waals surface area contributed by atoms with Crippen molar-refractivity contribution in [1.29, 1.82) is 0 Å². The maximum Gasteiger partial charge on any atom is 0.0559 e. The van der Waals surface area contributed by atoms with Gasteiger partial charge in [0.15, 0.2) is 0 Å². The summed E-state index contributed by atoms with van der Waals surface area (Å²) in [7, 11) is 0. The molecule has 0 bridgehead atoms. The maximum absolute atomic E-state index is 5.79. The van der Waals surface area contributed by atoms with Crippen molar-refractivity contribution in [1.82, 2.24) is 0 Å². The van der Waals surface area contributed by atoms with E-state index in [-0.39, 0.29) is 0 Å². The van der Waals surface area contributed by atoms with Gasteiger partial charge in [0.05, 0.1) is 13.5 Å². The first-order valence-electron chi connectivity index (χ1n) is 8.18. The Labute approximate surface area is 127 Å². The van der Waals surface area contributed by atoms with Crippen molar-refractivity contribution in [2.75, 3.05) is 12.8 Å². The monoisotopic (exact) mass is 306 g/mol. The SMILES string of the molecule is CC(C)CCCCCO[PH](=S)CCCCCC(C)C. The quantitative estimate of drug-likeness (QED) is 0.303. The Balaban J connectivity index is 3.21. The van der Waals surface area contributed by atoms with Crippen molar-refractivity contribution in [2.45, 2.75) is 79.1 Å². The van der Waals surface area contributed by atoms with E-state index in [0.29, 0.717) is 0 Å². The molecule has 0 spiro atoms. The lowest BCUT2D eigenvalue weighted by molar-refractivity contribution is 0.340. The standard InChI is InChI=1S/C16H35OPS/c1-15(2)11-7-5-9-13-17-18(19)14-10-6-8-12-16(3)4/h15-16,18H,5-14H2,1-4H3. The minimum absolute atomic E-state index is 0.838. The molecule has 0 amide bonds. The van der Waals surface area contributed by atoms with Gasteiger partial charge in [-0.15, -0.1) is 0 Å². The molecule has 0 radical (unpaired) electrons. The average Bonchev–Trinajstić information content (AvgIpc) is 2.32. The molecule has 1 atom stereocenters. The third kappa shape index (κ3) is 16.6. The van der Waals surface area contributed by atoms with E-state index in [1.807, 2.05) is 0 Å². The van der Waals surface area contributed by atoms with Gasteiger partial charge in [-0.3, -0.25) is 0 Å². The number of unbranched alkanes of at least 4 members (excludes halogenated alkanes) is 4. The summed E-state index contributed by atoms with van der Waals surface area (Å²) in [5, 5.41) is 0. The summed E-state index contributed by atoms with van der Waals surface area (Å²) in [6.07, 6.45) is 11.7. The van der Waals surface area contributed by atoms with E-state index in [1.165, 1.54) is 51.4 Å². The second kappa shape index (κ2) is 13.6. The molecule has 0 aliphatic heterocycles. The number of hydrogen-bond donors (Lipinski definition) is 0. The fraction of sp³-hybridized carbons (Fsp3) is 1.00. The minimum Gasteiger partial charge on any atom is -0.354 e. The molecule has 19 heavy (non-hydrogen) atoms. The van der Waals surface area contributed by atoms with Crippen molar-refractivity contribution in [3.05, 3.63) is 0 Å². The van der Waals surface area contributed by atoms with Crippen molar-refractivity contribution in [2.24, 2.45) is 11.8 Å². The molecule has 0 saturated heterocycles. The Morgan fingerprint density at radius 1 is 0.789 bits per heavy atom. The molecule has 116 valence electrons. The molecule has 1 nitrogen and oxygen atoms in total. The summed E-state index contributed by atoms with van der Waals surface area (Å²) in [4.78, 5) is 0. The van der Waals surface area contributed by atoms with Crippen LogP contribution in [0, 0.1) is 11.8 Å². The molecular formula is C16H35OPS. The van der Waals surface area contributed by atoms with Crippen LogP contribution >= 0.6 is 6.92 Å². The van der Waals surface area contributed by atoms with Crippen LogP contribution in [0.4, 0.5) is 0 Å². The third-order valence-corrected chi connectivity index (χ3v) is 5.61. The van der Waals surface area contributed by atoms with E-state index in [0.717, 1.165) is 24.6 Å². The zero-order valence-corrected chi connectivity index (χ0v) is 15.4. The first kappa shape index (κ1) is 19.6. The lowest BCUT2D eigenvalue weighted by atomic mass is 10.1. The molecule has 0 N–H and O–H groups in total. The summed E-state index contributed by atoms with van der Waals surface area (Å²) in [5.74, 6) is 1.68. The van der Waals surface area contributed by atoms with Crippen LogP contribution in [0.25, 0.3) is 0 Å². The molecule has 0 rings (SSSR count). The predicted molar refractivity (Wildman–Crippen MR) is 93.1 cm³/mol. The fourth-order valence-electron chi connectivity index (χ4n) is 2.09. The highest BCUT2D eigenvalue weighted by atomic mass is 32.4. The topological polar surface area (TPSA) is 9.23 Å². The zero-order valence-electron chi connectivity index (χ0n) is 13.5. The molecule has 0 fully saturated rings. The lowest BCUT2D eigenvalue weighted by Crippen LogP contribution is -1.92. The predicted octanol–water partition coefficient (Wildman–Crippen LogP) is 6.03. The molecule has 0 heterocycles. The van der Waals surface area contributed by atoms with Gasteiger partial charge < -0.3 is 4.52 Å². The first-order valence-corrected chi connectivity index (χ1v) is 10.9. The van der Waals surface area contributed by atoms with E-state index in [1.54, 1.807) is 0 Å². The van der Waals surface area contributed by atoms with Crippen LogP contribution in [0.3, 0.4) is 0 Å². The van der Waals surface area contributed by atoms with E-state index in [2.05, 4.69) is 27.7 Å². The molecule has 0 aromatic rings. The molecule has 0 aromatic carbocycles. The molecular weight excluding hydrogens is 271 g/mol. The molecule has 0 aromatic heterocycles. The van der Waals surface area contributed by atoms with E-state index >= 15 is 0 Å². The first-order chi connectivity index (χ1) is 9.02. The van der Waals surface area contributed by atoms with Gasteiger partial charge in [0.2, 0.25) is 0 Å². The minimum atomic E-state index is -0.910. The largest absolute Gasteiger partial charge is 0.354 e. The third-order valence-electron chi connectivity index (χ3n) is 3.35. The van der Waals surface area contributed by atoms with Gasteiger partial charge in [0, 0.05) is 0 Å². The number of hydrogen-bond acceptors (Lipinski definition) is 2. The van der Waals surface area contributed by atoms with Gasteiger partial charge in [0.25, 0.3) is 0 Å². The highest BCUT2D eigenvalue weighted by Gasteiger charge is 1.99. The van der Waals surface area contributed by atoms with Crippen LogP contribution in [0.15, 0.2) is 0 Å². The summed E-state index contributed by atoms with van der Waals surface area (Å²) in [6.45, 7) is 9.17. The summed E-state index contributed by atoms with van der Waals surface area (Å²) in [5.41, 5.74) is 0. The molecule has 3 heteroatoms. The normalized spacial score (nSPS) is 13.4. The van der Waals surface area contributed by atoms with Crippen molar-refractivity contribution < 1.29 is 4.52 Å². The molecule has 0 aliphatic rings. The Bertz CT molecular complexity index is 217. The van der Waals surface area contributed by atoms with E-state index < -0.39 is 6.92 Å². The van der Waals surface area contributed by atoms with Crippen LogP contribution in [0.5, 0.6) is 0 Å². The Kier molecular flexibility index (Phi) is 14.0. The molecule has 1 unspecified atom stereocenters. The lowest BCUT2D eigenvalue weighted by Gasteiger charge is -2.08. The van der Waals surface area contributed by atoms with Gasteiger partial charge in [0.1, 0.15) is 0 Å². The van der Waals surface area contributed by atoms with Gasteiger partial charge in [-0.1, -0.05) is 78.0 Å².